The number of para-hydroxylation sites is 1. The molecule has 0 spiro atoms. The third-order valence-corrected chi connectivity index (χ3v) is 3.10. The number of benzene rings is 1. The van der Waals surface area contributed by atoms with Crippen LogP contribution in [0.15, 0.2) is 30.3 Å². The first-order valence-corrected chi connectivity index (χ1v) is 6.41. The molecule has 0 aliphatic carbocycles. The second-order valence-electron chi connectivity index (χ2n) is 4.46. The molecule has 0 atom stereocenters. The predicted molar refractivity (Wildman–Crippen MR) is 73.7 cm³/mol. The highest BCUT2D eigenvalue weighted by Gasteiger charge is 2.29. The van der Waals surface area contributed by atoms with Gasteiger partial charge in [-0.3, -0.25) is 4.79 Å². The zero-order chi connectivity index (χ0) is 13.8. The fourth-order valence-electron chi connectivity index (χ4n) is 2.02. The Morgan fingerprint density at radius 2 is 2.11 bits per heavy atom. The number of anilines is 1. The first kappa shape index (κ1) is 13.3. The van der Waals surface area contributed by atoms with Crippen LogP contribution in [0.3, 0.4) is 0 Å². The molecule has 1 aromatic rings. The van der Waals surface area contributed by atoms with E-state index in [0.717, 1.165) is 24.1 Å². The summed E-state index contributed by atoms with van der Waals surface area (Å²) in [4.78, 5) is 25.3. The van der Waals surface area contributed by atoms with E-state index in [2.05, 4.69) is 0 Å². The van der Waals surface area contributed by atoms with Crippen molar-refractivity contribution >= 4 is 23.1 Å². The summed E-state index contributed by atoms with van der Waals surface area (Å²) in [7, 11) is 1.70. The second-order valence-corrected chi connectivity index (χ2v) is 4.46. The number of carbonyl (C=O) groups excluding carboxylic acids is 2. The summed E-state index contributed by atoms with van der Waals surface area (Å²) in [5.74, 6) is -0.629. The van der Waals surface area contributed by atoms with Crippen molar-refractivity contribution in [1.29, 1.82) is 0 Å². The molecule has 2 rings (SSSR count). The highest BCUT2D eigenvalue weighted by molar-refractivity contribution is 6.34. The van der Waals surface area contributed by atoms with E-state index in [-0.39, 0.29) is 5.91 Å². The molecule has 0 fully saturated rings. The fraction of sp³-hybridized carbons (Fsp3) is 0.333. The van der Waals surface area contributed by atoms with Gasteiger partial charge in [0.05, 0.1) is 17.9 Å². The molecule has 0 aromatic heterocycles. The number of nitrogens with zero attached hydrogens (tertiary/aromatic N) is 1. The number of unbranched alkanes of at least 4 members (excludes halogenated alkanes) is 1. The lowest BCUT2D eigenvalue weighted by atomic mass is 10.1. The predicted octanol–water partition coefficient (Wildman–Crippen LogP) is 2.39. The van der Waals surface area contributed by atoms with Crippen LogP contribution in [-0.4, -0.2) is 25.5 Å². The van der Waals surface area contributed by atoms with Gasteiger partial charge in [0, 0.05) is 18.7 Å². The Morgan fingerprint density at radius 1 is 1.37 bits per heavy atom. The average molecular weight is 259 g/mol. The number of hydrogen-bond acceptors (Lipinski definition) is 3. The molecule has 100 valence electrons. The Hall–Kier alpha value is -2.10. The molecule has 0 radical (unpaired) electrons. The SMILES string of the molecule is CCCCOC(=O)/C=C1/C(=O)N(C)c2ccccc21. The number of esters is 1. The van der Waals surface area contributed by atoms with Gasteiger partial charge in [-0.2, -0.15) is 0 Å². The van der Waals surface area contributed by atoms with Crippen LogP contribution in [0.5, 0.6) is 0 Å². The van der Waals surface area contributed by atoms with Crippen molar-refractivity contribution in [3.8, 4) is 0 Å². The molecule has 0 bridgehead atoms. The molecule has 1 aliphatic heterocycles. The third kappa shape index (κ3) is 2.67. The van der Waals surface area contributed by atoms with E-state index in [1.807, 2.05) is 31.2 Å². The number of amides is 1. The molecular weight excluding hydrogens is 242 g/mol. The van der Waals surface area contributed by atoms with E-state index < -0.39 is 5.97 Å². The highest BCUT2D eigenvalue weighted by Crippen LogP contribution is 2.35. The summed E-state index contributed by atoms with van der Waals surface area (Å²) in [5.41, 5.74) is 2.00. The Morgan fingerprint density at radius 3 is 2.84 bits per heavy atom. The summed E-state index contributed by atoms with van der Waals surface area (Å²) in [6.45, 7) is 2.42. The number of fused-ring (bicyclic) bond motifs is 1. The van der Waals surface area contributed by atoms with Gasteiger partial charge in [0.25, 0.3) is 5.91 Å². The molecule has 1 aromatic carbocycles. The van der Waals surface area contributed by atoms with E-state index in [1.54, 1.807) is 11.9 Å². The summed E-state index contributed by atoms with van der Waals surface area (Å²) in [6.07, 6.45) is 3.09. The standard InChI is InChI=1S/C15H17NO3/c1-3-4-9-19-14(17)10-12-11-7-5-6-8-13(11)16(2)15(12)18/h5-8,10H,3-4,9H2,1-2H3/b12-10+. The minimum absolute atomic E-state index is 0.173. The van der Waals surface area contributed by atoms with E-state index in [4.69, 9.17) is 4.74 Å². The largest absolute Gasteiger partial charge is 0.463 e. The zero-order valence-electron chi connectivity index (χ0n) is 11.2. The van der Waals surface area contributed by atoms with Crippen LogP contribution in [0.25, 0.3) is 5.57 Å². The molecule has 4 nitrogen and oxygen atoms in total. The number of rotatable bonds is 4. The second kappa shape index (κ2) is 5.69. The van der Waals surface area contributed by atoms with Crippen LogP contribution < -0.4 is 4.90 Å². The summed E-state index contributed by atoms with van der Waals surface area (Å²) in [6, 6.07) is 7.41. The smallest absolute Gasteiger partial charge is 0.331 e. The lowest BCUT2D eigenvalue weighted by molar-refractivity contribution is -0.137. The van der Waals surface area contributed by atoms with E-state index in [9.17, 15) is 9.59 Å². The van der Waals surface area contributed by atoms with E-state index in [0.29, 0.717) is 12.2 Å². The molecule has 1 aliphatic rings. The molecule has 0 unspecified atom stereocenters. The van der Waals surface area contributed by atoms with Crippen molar-refractivity contribution < 1.29 is 14.3 Å². The Labute approximate surface area is 112 Å². The van der Waals surface area contributed by atoms with Gasteiger partial charge in [0.2, 0.25) is 0 Å². The summed E-state index contributed by atoms with van der Waals surface area (Å²) < 4.78 is 5.06. The average Bonchev–Trinajstić information content (AvgIpc) is 2.65. The molecule has 4 heteroatoms. The monoisotopic (exact) mass is 259 g/mol. The lowest BCUT2D eigenvalue weighted by Crippen LogP contribution is -2.20. The minimum Gasteiger partial charge on any atom is -0.463 e. The van der Waals surface area contributed by atoms with Gasteiger partial charge in [0.1, 0.15) is 0 Å². The van der Waals surface area contributed by atoms with Gasteiger partial charge < -0.3 is 9.64 Å². The van der Waals surface area contributed by atoms with Crippen LogP contribution in [0.4, 0.5) is 5.69 Å². The molecule has 0 N–H and O–H groups in total. The van der Waals surface area contributed by atoms with Crippen molar-refractivity contribution in [3.05, 3.63) is 35.9 Å². The van der Waals surface area contributed by atoms with Crippen molar-refractivity contribution in [3.63, 3.8) is 0 Å². The van der Waals surface area contributed by atoms with Crippen LogP contribution in [0.2, 0.25) is 0 Å². The Kier molecular flexibility index (Phi) is 4.00. The number of carbonyl (C=O) groups is 2. The van der Waals surface area contributed by atoms with Gasteiger partial charge in [-0.15, -0.1) is 0 Å². The topological polar surface area (TPSA) is 46.6 Å². The molecule has 0 saturated heterocycles. The maximum absolute atomic E-state index is 12.1. The quantitative estimate of drug-likeness (QED) is 0.474. The fourth-order valence-corrected chi connectivity index (χ4v) is 2.02. The van der Waals surface area contributed by atoms with Crippen molar-refractivity contribution in [2.75, 3.05) is 18.6 Å². The van der Waals surface area contributed by atoms with Crippen LogP contribution in [0, 0.1) is 0 Å². The minimum atomic E-state index is -0.457. The Balaban J connectivity index is 2.20. The maximum atomic E-state index is 12.1. The Bertz CT molecular complexity index is 534. The molecule has 0 saturated carbocycles. The number of ether oxygens (including phenoxy) is 1. The van der Waals surface area contributed by atoms with Gasteiger partial charge in [0.15, 0.2) is 0 Å². The molecule has 19 heavy (non-hydrogen) atoms. The van der Waals surface area contributed by atoms with Crippen molar-refractivity contribution in [2.45, 2.75) is 19.8 Å². The summed E-state index contributed by atoms with van der Waals surface area (Å²) in [5, 5.41) is 0. The normalized spacial score (nSPS) is 15.8. The third-order valence-electron chi connectivity index (χ3n) is 3.10. The number of likely N-dealkylation sites (N-methyl/N-ethyl adjacent to an activating group) is 1. The lowest BCUT2D eigenvalue weighted by Gasteiger charge is -2.07. The van der Waals surface area contributed by atoms with Gasteiger partial charge >= 0.3 is 5.97 Å². The van der Waals surface area contributed by atoms with Crippen molar-refractivity contribution in [2.24, 2.45) is 0 Å². The zero-order valence-corrected chi connectivity index (χ0v) is 11.2. The van der Waals surface area contributed by atoms with Gasteiger partial charge in [-0.1, -0.05) is 31.5 Å². The van der Waals surface area contributed by atoms with Crippen LogP contribution in [0.1, 0.15) is 25.3 Å². The highest BCUT2D eigenvalue weighted by atomic mass is 16.5. The molecule has 1 amide bonds. The summed E-state index contributed by atoms with van der Waals surface area (Å²) >= 11 is 0. The van der Waals surface area contributed by atoms with Gasteiger partial charge in [-0.25, -0.2) is 4.79 Å². The first-order chi connectivity index (χ1) is 9.15. The van der Waals surface area contributed by atoms with Crippen LogP contribution in [-0.2, 0) is 14.3 Å². The van der Waals surface area contributed by atoms with E-state index in [1.165, 1.54) is 6.08 Å². The molecule has 1 heterocycles. The number of hydrogen-bond donors (Lipinski definition) is 0. The van der Waals surface area contributed by atoms with Gasteiger partial charge in [-0.05, 0) is 12.5 Å². The van der Waals surface area contributed by atoms with E-state index >= 15 is 0 Å². The van der Waals surface area contributed by atoms with Crippen molar-refractivity contribution in [1.82, 2.24) is 0 Å². The van der Waals surface area contributed by atoms with Crippen LogP contribution >= 0.6 is 0 Å². The molecular formula is C15H17NO3. The first-order valence-electron chi connectivity index (χ1n) is 6.41. The maximum Gasteiger partial charge on any atom is 0.331 e.